The van der Waals surface area contributed by atoms with E-state index in [9.17, 15) is 19.1 Å². The first kappa shape index (κ1) is 23.9. The van der Waals surface area contributed by atoms with Gasteiger partial charge >= 0.3 is 0 Å². The molecule has 0 aliphatic carbocycles. The number of benzene rings is 2. The molecular formula is C25H27FN4O3. The summed E-state index contributed by atoms with van der Waals surface area (Å²) in [4.78, 5) is 29.6. The number of hydrogen-bond acceptors (Lipinski definition) is 5. The van der Waals surface area contributed by atoms with Crippen LogP contribution in [0.2, 0.25) is 0 Å². The molecule has 2 aromatic carbocycles. The zero-order chi connectivity index (χ0) is 23.8. The Morgan fingerprint density at radius 2 is 1.55 bits per heavy atom. The maximum atomic E-state index is 13.1. The highest BCUT2D eigenvalue weighted by molar-refractivity contribution is 5.89. The quantitative estimate of drug-likeness (QED) is 0.398. The van der Waals surface area contributed by atoms with Gasteiger partial charge in [-0.15, -0.1) is 0 Å². The number of amides is 2. The number of pyridine rings is 1. The zero-order valence-electron chi connectivity index (χ0n) is 18.3. The molecule has 0 fully saturated rings. The molecule has 1 aromatic heterocycles. The number of nitrogen functional groups attached to an aromatic ring is 1. The van der Waals surface area contributed by atoms with Crippen LogP contribution >= 0.6 is 0 Å². The van der Waals surface area contributed by atoms with Crippen molar-refractivity contribution in [2.45, 2.75) is 38.5 Å². The van der Waals surface area contributed by atoms with Crippen molar-refractivity contribution >= 4 is 17.6 Å². The third kappa shape index (κ3) is 7.40. The van der Waals surface area contributed by atoms with Crippen LogP contribution in [0.3, 0.4) is 0 Å². The second-order valence-electron chi connectivity index (χ2n) is 7.91. The lowest BCUT2D eigenvalue weighted by Gasteiger charge is -2.21. The van der Waals surface area contributed by atoms with Crippen LogP contribution in [-0.4, -0.2) is 34.1 Å². The van der Waals surface area contributed by atoms with Gasteiger partial charge in [-0.2, -0.15) is 0 Å². The van der Waals surface area contributed by atoms with Crippen molar-refractivity contribution in [1.29, 1.82) is 0 Å². The summed E-state index contributed by atoms with van der Waals surface area (Å²) in [5, 5.41) is 15.8. The first-order chi connectivity index (χ1) is 15.8. The van der Waals surface area contributed by atoms with E-state index in [1.807, 2.05) is 31.2 Å². The summed E-state index contributed by atoms with van der Waals surface area (Å²) in [7, 11) is 0. The van der Waals surface area contributed by atoms with Crippen molar-refractivity contribution in [3.8, 4) is 0 Å². The monoisotopic (exact) mass is 450 g/mol. The summed E-state index contributed by atoms with van der Waals surface area (Å²) < 4.78 is 13.1. The Balaban J connectivity index is 1.67. The summed E-state index contributed by atoms with van der Waals surface area (Å²) in [5.74, 6) is -1.09. The van der Waals surface area contributed by atoms with Gasteiger partial charge in [-0.05, 0) is 41.8 Å². The fourth-order valence-corrected chi connectivity index (χ4v) is 3.23. The van der Waals surface area contributed by atoms with Crippen LogP contribution in [0.4, 0.5) is 10.2 Å². The van der Waals surface area contributed by atoms with Crippen molar-refractivity contribution in [2.24, 2.45) is 0 Å². The number of aliphatic hydroxyl groups excluding tert-OH is 1. The van der Waals surface area contributed by atoms with Crippen molar-refractivity contribution < 1.29 is 19.1 Å². The molecular weight excluding hydrogens is 423 g/mol. The third-order valence-corrected chi connectivity index (χ3v) is 5.15. The van der Waals surface area contributed by atoms with Gasteiger partial charge in [0.1, 0.15) is 23.8 Å². The number of nitrogens with zero attached hydrogens (tertiary/aromatic N) is 1. The van der Waals surface area contributed by atoms with E-state index in [1.54, 1.807) is 18.3 Å². The molecule has 0 aliphatic rings. The molecule has 0 saturated carbocycles. The van der Waals surface area contributed by atoms with Crippen LogP contribution < -0.4 is 16.4 Å². The fourth-order valence-electron chi connectivity index (χ4n) is 3.23. The molecule has 0 unspecified atom stereocenters. The third-order valence-electron chi connectivity index (χ3n) is 5.15. The molecule has 5 N–H and O–H groups in total. The first-order valence-corrected chi connectivity index (χ1v) is 10.6. The van der Waals surface area contributed by atoms with Gasteiger partial charge < -0.3 is 21.5 Å². The zero-order valence-corrected chi connectivity index (χ0v) is 18.3. The van der Waals surface area contributed by atoms with Crippen molar-refractivity contribution in [2.75, 3.05) is 5.73 Å². The lowest BCUT2D eigenvalue weighted by atomic mass is 10.0. The van der Waals surface area contributed by atoms with Gasteiger partial charge in [0.25, 0.3) is 0 Å². The molecule has 3 rings (SSSR count). The minimum Gasteiger partial charge on any atom is -0.384 e. The van der Waals surface area contributed by atoms with Gasteiger partial charge in [0, 0.05) is 25.6 Å². The van der Waals surface area contributed by atoms with Gasteiger partial charge in [0.05, 0.1) is 0 Å². The van der Waals surface area contributed by atoms with E-state index in [1.165, 1.54) is 24.3 Å². The average molecular weight is 451 g/mol. The Morgan fingerprint density at radius 3 is 2.18 bits per heavy atom. The lowest BCUT2D eigenvalue weighted by Crippen LogP contribution is -2.51. The Morgan fingerprint density at radius 1 is 0.939 bits per heavy atom. The number of hydrogen-bond donors (Lipinski definition) is 4. The van der Waals surface area contributed by atoms with Crippen molar-refractivity contribution in [3.05, 3.63) is 94.9 Å². The minimum atomic E-state index is -1.38. The van der Waals surface area contributed by atoms with Crippen LogP contribution in [0.5, 0.6) is 0 Å². The number of halogens is 1. The highest BCUT2D eigenvalue weighted by Gasteiger charge is 2.25. The van der Waals surface area contributed by atoms with E-state index in [-0.39, 0.29) is 19.4 Å². The predicted molar refractivity (Wildman–Crippen MR) is 123 cm³/mol. The molecule has 172 valence electrons. The largest absolute Gasteiger partial charge is 0.384 e. The number of nitrogens with one attached hydrogen (secondary N) is 2. The summed E-state index contributed by atoms with van der Waals surface area (Å²) >= 11 is 0. The summed E-state index contributed by atoms with van der Waals surface area (Å²) in [6.07, 6.45) is 0.434. The van der Waals surface area contributed by atoms with E-state index >= 15 is 0 Å². The summed E-state index contributed by atoms with van der Waals surface area (Å²) in [5.41, 5.74) is 8.89. The van der Waals surface area contributed by atoms with Crippen LogP contribution in [0.15, 0.2) is 66.9 Å². The summed E-state index contributed by atoms with van der Waals surface area (Å²) in [6.45, 7) is 2.17. The Kier molecular flexibility index (Phi) is 8.10. The topological polar surface area (TPSA) is 117 Å². The van der Waals surface area contributed by atoms with Crippen LogP contribution in [0, 0.1) is 12.7 Å². The molecule has 1 heterocycles. The number of carbonyl (C=O) groups excluding carboxylic acids is 2. The number of aromatic nitrogens is 1. The molecule has 3 aromatic rings. The molecule has 0 spiro atoms. The second-order valence-corrected chi connectivity index (χ2v) is 7.91. The van der Waals surface area contributed by atoms with Gasteiger partial charge in [-0.25, -0.2) is 9.37 Å². The predicted octanol–water partition coefficient (Wildman–Crippen LogP) is 2.06. The SMILES string of the molecule is Cc1ccc(C[C@H](NC(=O)[C@H](O)Cc2ccc(F)cc2)C(=O)NCc2ccc(N)nc2)cc1. The highest BCUT2D eigenvalue weighted by Crippen LogP contribution is 2.10. The normalized spacial score (nSPS) is 12.6. The van der Waals surface area contributed by atoms with Gasteiger partial charge in [-0.1, -0.05) is 48.0 Å². The number of anilines is 1. The first-order valence-electron chi connectivity index (χ1n) is 10.6. The van der Waals surface area contributed by atoms with E-state index < -0.39 is 29.8 Å². The highest BCUT2D eigenvalue weighted by atomic mass is 19.1. The number of aliphatic hydroxyl groups is 1. The molecule has 8 heteroatoms. The van der Waals surface area contributed by atoms with E-state index in [0.717, 1.165) is 16.7 Å². The molecule has 7 nitrogen and oxygen atoms in total. The van der Waals surface area contributed by atoms with Crippen LogP contribution in [0.1, 0.15) is 22.3 Å². The fraction of sp³-hybridized carbons (Fsp3) is 0.240. The van der Waals surface area contributed by atoms with Gasteiger partial charge in [0.15, 0.2) is 0 Å². The molecule has 0 bridgehead atoms. The van der Waals surface area contributed by atoms with Crippen molar-refractivity contribution in [3.63, 3.8) is 0 Å². The van der Waals surface area contributed by atoms with E-state index in [4.69, 9.17) is 5.73 Å². The van der Waals surface area contributed by atoms with E-state index in [0.29, 0.717) is 11.4 Å². The number of nitrogens with two attached hydrogens (primary N) is 1. The number of aryl methyl sites for hydroxylation is 1. The molecule has 0 saturated heterocycles. The van der Waals surface area contributed by atoms with Crippen LogP contribution in [0.25, 0.3) is 0 Å². The summed E-state index contributed by atoms with van der Waals surface area (Å²) in [6, 6.07) is 15.7. The Hall–Kier alpha value is -3.78. The van der Waals surface area contributed by atoms with Gasteiger partial charge in [-0.3, -0.25) is 9.59 Å². The molecule has 2 atom stereocenters. The maximum absolute atomic E-state index is 13.1. The molecule has 2 amide bonds. The smallest absolute Gasteiger partial charge is 0.249 e. The minimum absolute atomic E-state index is 0.00207. The molecule has 0 radical (unpaired) electrons. The molecule has 33 heavy (non-hydrogen) atoms. The lowest BCUT2D eigenvalue weighted by molar-refractivity contribution is -0.134. The van der Waals surface area contributed by atoms with Crippen molar-refractivity contribution in [1.82, 2.24) is 15.6 Å². The Bertz CT molecular complexity index is 1070. The maximum Gasteiger partial charge on any atom is 0.249 e. The Labute approximate surface area is 191 Å². The number of carbonyl (C=O) groups is 2. The average Bonchev–Trinajstić information content (AvgIpc) is 2.80. The van der Waals surface area contributed by atoms with Crippen LogP contribution in [-0.2, 0) is 29.0 Å². The van der Waals surface area contributed by atoms with Gasteiger partial charge in [0.2, 0.25) is 11.8 Å². The standard InChI is InChI=1S/C25H27FN4O3/c1-16-2-4-17(5-3-16)12-21(24(32)29-15-19-8-11-23(27)28-14-19)30-25(33)22(31)13-18-6-9-20(26)10-7-18/h2-11,14,21-22,31H,12-13,15H2,1H3,(H2,27,28)(H,29,32)(H,30,33)/t21-,22+/m0/s1. The van der Waals surface area contributed by atoms with E-state index in [2.05, 4.69) is 15.6 Å². The number of rotatable bonds is 9. The molecule has 0 aliphatic heterocycles. The second kappa shape index (κ2) is 11.2.